The zero-order chi connectivity index (χ0) is 104. The number of carbonyl (C=O) groups is 12. The summed E-state index contributed by atoms with van der Waals surface area (Å²) in [5.74, 6) is -93.6. The van der Waals surface area contributed by atoms with Crippen LogP contribution in [-0.4, -0.2) is 242 Å². The van der Waals surface area contributed by atoms with Crippen molar-refractivity contribution in [2.75, 3.05) is 6.61 Å². The summed E-state index contributed by atoms with van der Waals surface area (Å²) in [6.07, 6.45) is -3.48. The molecule has 732 valence electrons. The molecule has 32 N–H and O–H groups in total. The molecule has 0 saturated carbocycles. The number of phenolic OH excluding ortho intramolecular Hbond substituents is 28. The van der Waals surface area contributed by atoms with E-state index in [1.165, 1.54) is 0 Å². The second-order valence-electron chi connectivity index (χ2n) is 29.7. The molecule has 12 aromatic carbocycles. The van der Waals surface area contributed by atoms with E-state index in [2.05, 4.69) is 0 Å². The van der Waals surface area contributed by atoms with Gasteiger partial charge in [0.2, 0.25) is 46.0 Å². The van der Waals surface area contributed by atoms with E-state index in [-0.39, 0.29) is 72.8 Å². The maximum absolute atomic E-state index is 15.5. The van der Waals surface area contributed by atoms with Crippen molar-refractivity contribution in [1.82, 2.24) is 0 Å². The summed E-state index contributed by atoms with van der Waals surface area (Å²) in [4.78, 5) is 174. The van der Waals surface area contributed by atoms with Crippen LogP contribution >= 0.6 is 0 Å². The first-order valence-electron chi connectivity index (χ1n) is 38.5. The molecule has 53 nitrogen and oxygen atoms in total. The fourth-order valence-corrected chi connectivity index (χ4v) is 14.4. The summed E-state index contributed by atoms with van der Waals surface area (Å²) >= 11 is 0. The first-order valence-corrected chi connectivity index (χ1v) is 38.5. The Morgan fingerprint density at radius 2 is 0.366 bits per heavy atom. The lowest BCUT2D eigenvalue weighted by molar-refractivity contribution is -0.0301. The van der Waals surface area contributed by atoms with E-state index < -0.39 is 398 Å². The van der Waals surface area contributed by atoms with Crippen molar-refractivity contribution in [3.8, 4) is 207 Å². The third kappa shape index (κ3) is 18.3. The topological polar surface area (TPSA) is 935 Å². The minimum Gasteiger partial charge on any atom is -0.504 e. The zero-order valence-electron chi connectivity index (χ0n) is 69.4. The van der Waals surface area contributed by atoms with Crippen LogP contribution in [0.3, 0.4) is 0 Å². The van der Waals surface area contributed by atoms with Crippen LogP contribution in [0.5, 0.6) is 207 Å². The van der Waals surface area contributed by atoms with Crippen molar-refractivity contribution in [1.29, 1.82) is 0 Å². The van der Waals surface area contributed by atoms with Crippen LogP contribution in [0.2, 0.25) is 0 Å². The van der Waals surface area contributed by atoms with Crippen LogP contribution in [0.1, 0.15) is 170 Å². The van der Waals surface area contributed by atoms with Gasteiger partial charge in [-0.1, -0.05) is 0 Å². The lowest BCUT2D eigenvalue weighted by Gasteiger charge is -2.46. The smallest absolute Gasteiger partial charge is 0.343 e. The number of hydrogen-bond acceptors (Lipinski definition) is 49. The number of carboxylic acid groups (broad SMARTS) is 4. The average Bonchev–Trinajstić information content (AvgIpc) is 0.706. The molecule has 1 saturated heterocycles. The van der Waals surface area contributed by atoms with Gasteiger partial charge in [0.05, 0.1) is 79.5 Å². The molecule has 0 aliphatic carbocycles. The minimum absolute atomic E-state index is 0.0125. The highest BCUT2D eigenvalue weighted by Gasteiger charge is 2.55. The molecule has 1 aliphatic heterocycles. The summed E-state index contributed by atoms with van der Waals surface area (Å²) in [5.41, 5.74) is -23.8. The van der Waals surface area contributed by atoms with Gasteiger partial charge in [0.1, 0.15) is 0 Å². The predicted molar refractivity (Wildman–Crippen MR) is 448 cm³/mol. The number of aromatic hydroxyl groups is 28. The van der Waals surface area contributed by atoms with Crippen LogP contribution in [-0.2, 0) is 4.74 Å². The number of phenols is 28. The lowest BCUT2D eigenvalue weighted by Crippen LogP contribution is -2.38. The minimum atomic E-state index is -3.63. The molecule has 12 aromatic rings. The zero-order valence-corrected chi connectivity index (χ0v) is 69.4. The Hall–Kier alpha value is -21.4. The third-order valence-electron chi connectivity index (χ3n) is 20.9. The van der Waals surface area contributed by atoms with E-state index in [0.29, 0.717) is 48.5 Å². The van der Waals surface area contributed by atoms with E-state index in [4.69, 9.17) is 42.6 Å². The second kappa shape index (κ2) is 37.2. The molecule has 13 rings (SSSR count). The fraction of sp³-hybridized carbons (Fsp3) is 0.0562. The van der Waals surface area contributed by atoms with Gasteiger partial charge in [-0.3, -0.25) is 0 Å². The quantitative estimate of drug-likeness (QED) is 0.0159. The number of benzene rings is 12. The first-order chi connectivity index (χ1) is 66.6. The molecule has 1 heterocycles. The SMILES string of the molecule is O=C(Oc1cc(C(=O)Oc2c(O)c(O)cc(C(=O)O)c2[C@@H]2[C@H](c3c(C(=O)O)cc(O)c(O)c3OC(=O)c3cc(O)c(O)c(OC(=O)c4cc(O)c(O)c(O)c4)c3)[C@@H](c3c(C(=O)O)cc(O)c(O)c3OC(=O)c3cc(O)c(O)c(OC(=O)c4cc(O)c(O)c(O)c4)c3)OC[C@H]2c2c(C(=O)O)cc(O)c(O)c2OC(=O)c2cc(O)c(O)c(OC(=O)c3cc(O)c(O)c(O)c3)c2)cc(O)c1O)c1cc(O)c(O)c(O)c1. The molecule has 0 radical (unpaired) electrons. The van der Waals surface area contributed by atoms with Crippen molar-refractivity contribution in [2.45, 2.75) is 23.9 Å². The Kier molecular flexibility index (Phi) is 25.7. The predicted octanol–water partition coefficient (Wildman–Crippen LogP) is 7.41. The number of rotatable bonds is 24. The van der Waals surface area contributed by atoms with Gasteiger partial charge < -0.3 is 206 Å². The monoisotopic (exact) mass is 1970 g/mol. The molecular formula is C89H58O53. The van der Waals surface area contributed by atoms with Crippen molar-refractivity contribution in [2.24, 2.45) is 0 Å². The van der Waals surface area contributed by atoms with Crippen LogP contribution in [0.15, 0.2) is 121 Å². The highest BCUT2D eigenvalue weighted by molar-refractivity contribution is 6.04. The van der Waals surface area contributed by atoms with Gasteiger partial charge in [-0.05, 0) is 121 Å². The van der Waals surface area contributed by atoms with E-state index in [9.17, 15) is 202 Å². The van der Waals surface area contributed by atoms with E-state index in [1.54, 1.807) is 0 Å². The Bertz CT molecular complexity index is 7020. The second-order valence-corrected chi connectivity index (χ2v) is 29.7. The molecule has 0 amide bonds. The highest BCUT2D eigenvalue weighted by Crippen LogP contribution is 2.66. The third-order valence-corrected chi connectivity index (χ3v) is 20.9. The normalized spacial score (nSPS) is 13.7. The highest BCUT2D eigenvalue weighted by atomic mass is 16.6. The summed E-state index contributed by atoms with van der Waals surface area (Å²) < 4.78 is 49.6. The maximum atomic E-state index is 15.5. The van der Waals surface area contributed by atoms with Gasteiger partial charge in [-0.2, -0.15) is 0 Å². The Balaban J connectivity index is 1.14. The van der Waals surface area contributed by atoms with Gasteiger partial charge in [0.25, 0.3) is 0 Å². The van der Waals surface area contributed by atoms with Crippen molar-refractivity contribution < 1.29 is 264 Å². The van der Waals surface area contributed by atoms with Gasteiger partial charge in [0.15, 0.2) is 161 Å². The van der Waals surface area contributed by atoms with Crippen LogP contribution in [0.25, 0.3) is 0 Å². The molecule has 4 atom stereocenters. The maximum Gasteiger partial charge on any atom is 0.343 e. The van der Waals surface area contributed by atoms with Gasteiger partial charge in [0, 0.05) is 40.0 Å². The number of carbonyl (C=O) groups excluding carboxylic acids is 8. The molecular weight excluding hydrogens is 1920 g/mol. The summed E-state index contributed by atoms with van der Waals surface area (Å²) in [6.45, 7) is -2.03. The molecule has 0 aromatic heterocycles. The summed E-state index contributed by atoms with van der Waals surface area (Å²) in [5, 5.41) is 355. The number of aromatic carboxylic acids is 4. The molecule has 0 unspecified atom stereocenters. The molecule has 1 aliphatic rings. The van der Waals surface area contributed by atoms with Crippen LogP contribution in [0, 0.1) is 0 Å². The van der Waals surface area contributed by atoms with Crippen molar-refractivity contribution in [3.05, 3.63) is 210 Å². The number of ether oxygens (including phenoxy) is 9. The number of carboxylic acids is 4. The van der Waals surface area contributed by atoms with Gasteiger partial charge in [-0.25, -0.2) is 57.5 Å². The lowest BCUT2D eigenvalue weighted by atomic mass is 9.63. The number of esters is 8. The van der Waals surface area contributed by atoms with Gasteiger partial charge >= 0.3 is 71.6 Å². The Labute approximate surface area is 780 Å². The average molecular weight is 1980 g/mol. The van der Waals surface area contributed by atoms with Crippen LogP contribution < -0.4 is 37.9 Å². The Morgan fingerprint density at radius 3 is 0.592 bits per heavy atom. The van der Waals surface area contributed by atoms with E-state index in [0.717, 1.165) is 0 Å². The molecule has 142 heavy (non-hydrogen) atoms. The van der Waals surface area contributed by atoms with E-state index in [1.807, 2.05) is 0 Å². The standard InChI is InChI=1S/C89H58O53/c90-35-1-22(2-36(91)61(35)106)82(126)135-51-13-26(9-43(98)65(51)110)86(130)139-74-55(30(78(118)119)17-47(102)69(74)114)34-21-134-73(59-33(81(124)125)20-50(105)72(117)77(59)142-89(133)29-12-46(101)68(113)54(16-29)138-85(129)25-7-41(96)64(109)42(97)8-25)60(58-32(80(122)123)19-49(104)71(116)76(58)141-88(132)28-11-45(100)67(112)53(15-28)137-84(128)24-5-39(94)63(108)40(95)6-24)56(34)57-31(79(120)121)18-48(103)70(115)75(57)140-87(131)27-10-44(99)66(111)52(14-27)136-83(127)23-3-37(92)62(107)38(93)4-23/h1-20,34,56,60,73,90-117H,21H2,(H,118,119)(H,120,121)(H,122,123)(H,124,125)/t34-,56+,60+,73+/m0/s1. The first kappa shape index (κ1) is 98.2. The van der Waals surface area contributed by atoms with E-state index >= 15 is 19.2 Å². The Morgan fingerprint density at radius 1 is 0.197 bits per heavy atom. The molecule has 0 bridgehead atoms. The van der Waals surface area contributed by atoms with Crippen molar-refractivity contribution in [3.63, 3.8) is 0 Å². The largest absolute Gasteiger partial charge is 0.504 e. The summed E-state index contributed by atoms with van der Waals surface area (Å²) in [6, 6.07) is 4.88. The van der Waals surface area contributed by atoms with Crippen LogP contribution in [0.4, 0.5) is 0 Å². The number of hydrogen-bond donors (Lipinski definition) is 32. The summed E-state index contributed by atoms with van der Waals surface area (Å²) in [7, 11) is 0. The van der Waals surface area contributed by atoms with Crippen molar-refractivity contribution >= 4 is 71.6 Å². The molecule has 1 fully saturated rings. The molecule has 0 spiro atoms. The molecule has 53 heteroatoms. The fourth-order valence-electron chi connectivity index (χ4n) is 14.4. The van der Waals surface area contributed by atoms with Gasteiger partial charge in [-0.15, -0.1) is 0 Å².